The molecule has 2 aliphatic rings. The average Bonchev–Trinajstić information content (AvgIpc) is 3.14. The van der Waals surface area contributed by atoms with Crippen molar-refractivity contribution in [2.75, 3.05) is 19.6 Å². The van der Waals surface area contributed by atoms with Crippen molar-refractivity contribution >= 4 is 23.2 Å². The zero-order chi connectivity index (χ0) is 15.4. The summed E-state index contributed by atoms with van der Waals surface area (Å²) < 4.78 is 0. The molecule has 7 heteroatoms. The first-order valence-corrected chi connectivity index (χ1v) is 8.79. The number of thiazole rings is 1. The Morgan fingerprint density at radius 3 is 3.00 bits per heavy atom. The van der Waals surface area contributed by atoms with E-state index in [2.05, 4.69) is 20.5 Å². The van der Waals surface area contributed by atoms with Crippen molar-refractivity contribution in [2.45, 2.75) is 44.7 Å². The number of aromatic nitrogens is 1. The molecule has 0 unspecified atom stereocenters. The van der Waals surface area contributed by atoms with E-state index in [9.17, 15) is 9.59 Å². The van der Waals surface area contributed by atoms with Gasteiger partial charge in [0.2, 0.25) is 5.91 Å². The minimum Gasteiger partial charge on any atom is -0.354 e. The van der Waals surface area contributed by atoms with Crippen LogP contribution < -0.4 is 10.6 Å². The maximum Gasteiger partial charge on any atom is 0.263 e. The van der Waals surface area contributed by atoms with Gasteiger partial charge >= 0.3 is 0 Å². The normalized spacial score (nSPS) is 23.1. The van der Waals surface area contributed by atoms with Crippen molar-refractivity contribution < 1.29 is 9.59 Å². The van der Waals surface area contributed by atoms with Gasteiger partial charge in [0, 0.05) is 6.54 Å². The summed E-state index contributed by atoms with van der Waals surface area (Å²) in [5, 5.41) is 6.64. The standard InChI is InChI=1S/C15H22N4O2S/c20-14-11(5-1-2-6-16-14)18-15(21)12-9-17-13(22-12)10-19-7-3-4-8-19/h9,11H,1-8,10H2,(H,16,20)(H,18,21)/t11-/m0/s1. The predicted octanol–water partition coefficient (Wildman–Crippen LogP) is 1.14. The van der Waals surface area contributed by atoms with Crippen LogP contribution in [0.3, 0.4) is 0 Å². The van der Waals surface area contributed by atoms with E-state index in [0.29, 0.717) is 17.8 Å². The van der Waals surface area contributed by atoms with Crippen molar-refractivity contribution in [3.8, 4) is 0 Å². The molecule has 2 saturated heterocycles. The van der Waals surface area contributed by atoms with Gasteiger partial charge in [0.1, 0.15) is 15.9 Å². The molecule has 2 N–H and O–H groups in total. The van der Waals surface area contributed by atoms with Crippen LogP contribution in [0.25, 0.3) is 0 Å². The average molecular weight is 322 g/mol. The molecule has 22 heavy (non-hydrogen) atoms. The molecule has 2 fully saturated rings. The summed E-state index contributed by atoms with van der Waals surface area (Å²) in [7, 11) is 0. The second-order valence-electron chi connectivity index (χ2n) is 5.91. The molecule has 2 aliphatic heterocycles. The highest BCUT2D eigenvalue weighted by molar-refractivity contribution is 7.13. The van der Waals surface area contributed by atoms with Gasteiger partial charge in [-0.25, -0.2) is 4.98 Å². The molecular formula is C15H22N4O2S. The third-order valence-electron chi connectivity index (χ3n) is 4.18. The number of carbonyl (C=O) groups is 2. The molecule has 0 aromatic carbocycles. The number of hydrogen-bond donors (Lipinski definition) is 2. The van der Waals surface area contributed by atoms with E-state index in [-0.39, 0.29) is 11.8 Å². The molecule has 0 saturated carbocycles. The van der Waals surface area contributed by atoms with Crippen molar-refractivity contribution in [2.24, 2.45) is 0 Å². The lowest BCUT2D eigenvalue weighted by Gasteiger charge is -2.14. The topological polar surface area (TPSA) is 74.3 Å². The Bertz CT molecular complexity index is 539. The fourth-order valence-corrected chi connectivity index (χ4v) is 3.79. The number of rotatable bonds is 4. The van der Waals surface area contributed by atoms with E-state index in [0.717, 1.165) is 37.5 Å². The lowest BCUT2D eigenvalue weighted by molar-refractivity contribution is -0.122. The highest BCUT2D eigenvalue weighted by Crippen LogP contribution is 2.18. The Hall–Kier alpha value is -1.47. The minimum absolute atomic E-state index is 0.0762. The quantitative estimate of drug-likeness (QED) is 0.872. The summed E-state index contributed by atoms with van der Waals surface area (Å²) >= 11 is 1.43. The second kappa shape index (κ2) is 7.19. The Morgan fingerprint density at radius 1 is 1.36 bits per heavy atom. The van der Waals surface area contributed by atoms with Gasteiger partial charge in [-0.3, -0.25) is 14.5 Å². The minimum atomic E-state index is -0.417. The van der Waals surface area contributed by atoms with Gasteiger partial charge in [-0.1, -0.05) is 0 Å². The largest absolute Gasteiger partial charge is 0.354 e. The lowest BCUT2D eigenvalue weighted by atomic mass is 10.1. The number of nitrogens with one attached hydrogen (secondary N) is 2. The van der Waals surface area contributed by atoms with Gasteiger partial charge in [0.05, 0.1) is 12.7 Å². The number of hydrogen-bond acceptors (Lipinski definition) is 5. The van der Waals surface area contributed by atoms with Crippen LogP contribution in [0.15, 0.2) is 6.20 Å². The molecule has 0 aliphatic carbocycles. The Balaban J connectivity index is 1.57. The second-order valence-corrected chi connectivity index (χ2v) is 7.03. The number of amides is 2. The first-order chi connectivity index (χ1) is 10.7. The van der Waals surface area contributed by atoms with Crippen LogP contribution in [0.2, 0.25) is 0 Å². The lowest BCUT2D eigenvalue weighted by Crippen LogP contribution is -2.45. The smallest absolute Gasteiger partial charge is 0.263 e. The van der Waals surface area contributed by atoms with E-state index in [1.807, 2.05) is 0 Å². The molecular weight excluding hydrogens is 300 g/mol. The van der Waals surface area contributed by atoms with E-state index in [1.54, 1.807) is 6.20 Å². The van der Waals surface area contributed by atoms with E-state index < -0.39 is 6.04 Å². The van der Waals surface area contributed by atoms with E-state index >= 15 is 0 Å². The van der Waals surface area contributed by atoms with Crippen molar-refractivity contribution in [1.29, 1.82) is 0 Å². The van der Waals surface area contributed by atoms with E-state index in [4.69, 9.17) is 0 Å². The van der Waals surface area contributed by atoms with Crippen LogP contribution in [0, 0.1) is 0 Å². The number of nitrogens with zero attached hydrogens (tertiary/aromatic N) is 2. The number of likely N-dealkylation sites (tertiary alicyclic amines) is 1. The Kier molecular flexibility index (Phi) is 5.04. The molecule has 0 radical (unpaired) electrons. The first-order valence-electron chi connectivity index (χ1n) is 7.98. The molecule has 1 aromatic rings. The Morgan fingerprint density at radius 2 is 2.18 bits per heavy atom. The molecule has 0 bridgehead atoms. The SMILES string of the molecule is O=C(N[C@H]1CCCCNC1=O)c1cnc(CN2CCCC2)s1. The van der Waals surface area contributed by atoms with Crippen LogP contribution >= 0.6 is 11.3 Å². The predicted molar refractivity (Wildman–Crippen MR) is 84.7 cm³/mol. The van der Waals surface area contributed by atoms with Crippen LogP contribution in [-0.4, -0.2) is 47.4 Å². The summed E-state index contributed by atoms with van der Waals surface area (Å²) in [5.41, 5.74) is 0. The van der Waals surface area contributed by atoms with Crippen molar-refractivity contribution in [3.05, 3.63) is 16.1 Å². The summed E-state index contributed by atoms with van der Waals surface area (Å²) in [6.45, 7) is 3.75. The van der Waals surface area contributed by atoms with Crippen LogP contribution in [0.4, 0.5) is 0 Å². The molecule has 1 aromatic heterocycles. The Labute approximate surface area is 134 Å². The van der Waals surface area contributed by atoms with Gasteiger partial charge in [-0.05, 0) is 45.2 Å². The maximum absolute atomic E-state index is 12.3. The third-order valence-corrected chi connectivity index (χ3v) is 5.16. The molecule has 1 atom stereocenters. The maximum atomic E-state index is 12.3. The monoisotopic (exact) mass is 322 g/mol. The fourth-order valence-electron chi connectivity index (χ4n) is 2.93. The van der Waals surface area contributed by atoms with Gasteiger partial charge in [0.25, 0.3) is 5.91 Å². The fraction of sp³-hybridized carbons (Fsp3) is 0.667. The van der Waals surface area contributed by atoms with Gasteiger partial charge in [-0.2, -0.15) is 0 Å². The summed E-state index contributed by atoms with van der Waals surface area (Å²) in [4.78, 5) is 31.5. The third kappa shape index (κ3) is 3.84. The van der Waals surface area contributed by atoms with Gasteiger partial charge in [0.15, 0.2) is 0 Å². The zero-order valence-electron chi connectivity index (χ0n) is 12.6. The number of carbonyl (C=O) groups excluding carboxylic acids is 2. The molecule has 2 amide bonds. The molecule has 120 valence electrons. The van der Waals surface area contributed by atoms with Crippen LogP contribution in [-0.2, 0) is 11.3 Å². The summed E-state index contributed by atoms with van der Waals surface area (Å²) in [6, 6.07) is -0.417. The van der Waals surface area contributed by atoms with E-state index in [1.165, 1.54) is 24.2 Å². The summed E-state index contributed by atoms with van der Waals surface area (Å²) in [6.07, 6.45) is 6.74. The first kappa shape index (κ1) is 15.4. The van der Waals surface area contributed by atoms with Crippen LogP contribution in [0.5, 0.6) is 0 Å². The van der Waals surface area contributed by atoms with Gasteiger partial charge < -0.3 is 10.6 Å². The molecule has 3 heterocycles. The molecule has 0 spiro atoms. The molecule has 6 nitrogen and oxygen atoms in total. The van der Waals surface area contributed by atoms with Crippen molar-refractivity contribution in [1.82, 2.24) is 20.5 Å². The zero-order valence-corrected chi connectivity index (χ0v) is 13.5. The highest BCUT2D eigenvalue weighted by atomic mass is 32.1. The van der Waals surface area contributed by atoms with Gasteiger partial charge in [-0.15, -0.1) is 11.3 Å². The van der Waals surface area contributed by atoms with Crippen LogP contribution in [0.1, 0.15) is 46.8 Å². The summed E-state index contributed by atoms with van der Waals surface area (Å²) in [5.74, 6) is -0.264. The molecule has 3 rings (SSSR count). The highest BCUT2D eigenvalue weighted by Gasteiger charge is 2.24. The van der Waals surface area contributed by atoms with Crippen molar-refractivity contribution in [3.63, 3.8) is 0 Å².